The van der Waals surface area contributed by atoms with Crippen LogP contribution in [0.15, 0.2) is 4.99 Å². The number of amides is 1. The standard InChI is InChI=1S/C17H27N3O3/c1-13(21)20-8-6-19(7-9-20)5-4-18-12-14-15(22)10-17(2,3)11-16(14)23/h12,14H,4-11H2,1-3H3/p+1. The first-order chi connectivity index (χ1) is 10.8. The molecular weight excluding hydrogens is 294 g/mol. The highest BCUT2D eigenvalue weighted by atomic mass is 16.2. The van der Waals surface area contributed by atoms with Crippen LogP contribution < -0.4 is 4.90 Å². The molecule has 1 saturated carbocycles. The van der Waals surface area contributed by atoms with Gasteiger partial charge < -0.3 is 9.80 Å². The minimum absolute atomic E-state index is 0.00239. The van der Waals surface area contributed by atoms with E-state index in [0.29, 0.717) is 19.4 Å². The summed E-state index contributed by atoms with van der Waals surface area (Å²) in [5, 5.41) is 0. The number of piperazine rings is 1. The lowest BCUT2D eigenvalue weighted by Gasteiger charge is -2.31. The first-order valence-corrected chi connectivity index (χ1v) is 8.43. The highest BCUT2D eigenvalue weighted by molar-refractivity contribution is 6.16. The van der Waals surface area contributed by atoms with Crippen LogP contribution in [0.2, 0.25) is 0 Å². The molecule has 0 atom stereocenters. The molecule has 1 saturated heterocycles. The van der Waals surface area contributed by atoms with E-state index in [0.717, 1.165) is 32.7 Å². The number of nitrogens with zero attached hydrogens (tertiary/aromatic N) is 2. The Morgan fingerprint density at radius 2 is 1.83 bits per heavy atom. The van der Waals surface area contributed by atoms with Gasteiger partial charge >= 0.3 is 0 Å². The third-order valence-corrected chi connectivity index (χ3v) is 4.76. The van der Waals surface area contributed by atoms with Crippen molar-refractivity contribution in [2.24, 2.45) is 16.3 Å². The Bertz CT molecular complexity index is 485. The lowest BCUT2D eigenvalue weighted by molar-refractivity contribution is -0.902. The summed E-state index contributed by atoms with van der Waals surface area (Å²) in [6, 6.07) is 0. The van der Waals surface area contributed by atoms with Crippen molar-refractivity contribution in [1.82, 2.24) is 4.90 Å². The molecule has 2 aliphatic rings. The highest BCUT2D eigenvalue weighted by Gasteiger charge is 2.38. The van der Waals surface area contributed by atoms with E-state index < -0.39 is 5.92 Å². The number of quaternary nitrogens is 1. The number of hydrogen-bond acceptors (Lipinski definition) is 4. The van der Waals surface area contributed by atoms with Crippen LogP contribution >= 0.6 is 0 Å². The summed E-state index contributed by atoms with van der Waals surface area (Å²) in [5.74, 6) is -0.498. The number of nitrogens with one attached hydrogen (secondary N) is 1. The van der Waals surface area contributed by atoms with Gasteiger partial charge in [0.2, 0.25) is 5.91 Å². The van der Waals surface area contributed by atoms with Gasteiger partial charge in [0.1, 0.15) is 17.5 Å². The summed E-state index contributed by atoms with van der Waals surface area (Å²) < 4.78 is 0. The molecule has 6 heteroatoms. The SMILES string of the molecule is CC(=O)N1CC[NH+](CCN=CC2C(=O)CC(C)(C)CC2=O)CC1. The maximum absolute atomic E-state index is 12.1. The fraction of sp³-hybridized carbons (Fsp3) is 0.765. The normalized spacial score (nSPS) is 23.7. The Kier molecular flexibility index (Phi) is 5.68. The first kappa shape index (κ1) is 17.8. The van der Waals surface area contributed by atoms with Crippen LogP contribution in [0.3, 0.4) is 0 Å². The molecule has 0 aromatic heterocycles. The van der Waals surface area contributed by atoms with E-state index in [2.05, 4.69) is 4.99 Å². The fourth-order valence-electron chi connectivity index (χ4n) is 3.36. The number of ketones is 2. The number of rotatable bonds is 4. The highest BCUT2D eigenvalue weighted by Crippen LogP contribution is 2.33. The van der Waals surface area contributed by atoms with Crippen molar-refractivity contribution < 1.29 is 19.3 Å². The summed E-state index contributed by atoms with van der Waals surface area (Å²) >= 11 is 0. The second-order valence-corrected chi connectivity index (χ2v) is 7.49. The molecule has 0 spiro atoms. The number of hydrogen-bond donors (Lipinski definition) is 1. The van der Waals surface area contributed by atoms with Crippen molar-refractivity contribution in [3.63, 3.8) is 0 Å². The predicted molar refractivity (Wildman–Crippen MR) is 87.7 cm³/mol. The third kappa shape index (κ3) is 4.96. The Balaban J connectivity index is 1.74. The summed E-state index contributed by atoms with van der Waals surface area (Å²) in [5.41, 5.74) is -0.209. The second kappa shape index (κ2) is 7.34. The summed E-state index contributed by atoms with van der Waals surface area (Å²) in [6.45, 7) is 10.5. The summed E-state index contributed by atoms with van der Waals surface area (Å²) in [6.07, 6.45) is 2.46. The average molecular weight is 322 g/mol. The van der Waals surface area contributed by atoms with Gasteiger partial charge in [-0.25, -0.2) is 0 Å². The van der Waals surface area contributed by atoms with Crippen LogP contribution in [0.25, 0.3) is 0 Å². The van der Waals surface area contributed by atoms with Crippen LogP contribution in [0.4, 0.5) is 0 Å². The van der Waals surface area contributed by atoms with Gasteiger partial charge in [0.25, 0.3) is 0 Å². The van der Waals surface area contributed by atoms with Gasteiger partial charge in [0.15, 0.2) is 0 Å². The van der Waals surface area contributed by atoms with Crippen LogP contribution in [-0.2, 0) is 14.4 Å². The smallest absolute Gasteiger partial charge is 0.219 e. The number of aliphatic imine (C=N–C) groups is 1. The number of carbonyl (C=O) groups excluding carboxylic acids is 3. The summed E-state index contributed by atoms with van der Waals surface area (Å²) in [7, 11) is 0. The molecule has 0 aromatic carbocycles. The molecule has 0 aromatic rings. The molecule has 1 amide bonds. The zero-order chi connectivity index (χ0) is 17.0. The molecule has 0 radical (unpaired) electrons. The molecule has 23 heavy (non-hydrogen) atoms. The number of carbonyl (C=O) groups is 3. The molecule has 0 bridgehead atoms. The van der Waals surface area contributed by atoms with Crippen molar-refractivity contribution in [3.8, 4) is 0 Å². The van der Waals surface area contributed by atoms with E-state index in [4.69, 9.17) is 0 Å². The molecule has 1 N–H and O–H groups in total. The van der Waals surface area contributed by atoms with Crippen molar-refractivity contribution in [2.75, 3.05) is 39.3 Å². The van der Waals surface area contributed by atoms with E-state index >= 15 is 0 Å². The van der Waals surface area contributed by atoms with Crippen LogP contribution in [-0.4, -0.2) is 67.9 Å². The average Bonchev–Trinajstić information content (AvgIpc) is 2.45. The molecular formula is C17H28N3O3+. The van der Waals surface area contributed by atoms with Gasteiger partial charge in [-0.2, -0.15) is 0 Å². The van der Waals surface area contributed by atoms with Crippen molar-refractivity contribution in [1.29, 1.82) is 0 Å². The topological polar surface area (TPSA) is 71.2 Å². The monoisotopic (exact) mass is 322 g/mol. The van der Waals surface area contributed by atoms with Crippen molar-refractivity contribution >= 4 is 23.7 Å². The van der Waals surface area contributed by atoms with E-state index in [9.17, 15) is 14.4 Å². The van der Waals surface area contributed by atoms with Crippen LogP contribution in [0, 0.1) is 11.3 Å². The van der Waals surface area contributed by atoms with E-state index in [1.165, 1.54) is 4.90 Å². The fourth-order valence-corrected chi connectivity index (χ4v) is 3.36. The van der Waals surface area contributed by atoms with E-state index in [1.54, 1.807) is 13.1 Å². The largest absolute Gasteiger partial charge is 0.332 e. The second-order valence-electron chi connectivity index (χ2n) is 7.49. The lowest BCUT2D eigenvalue weighted by Crippen LogP contribution is -3.15. The quantitative estimate of drug-likeness (QED) is 0.554. The van der Waals surface area contributed by atoms with E-state index in [1.807, 2.05) is 18.7 Å². The molecule has 1 aliphatic heterocycles. The minimum Gasteiger partial charge on any atom is -0.332 e. The Labute approximate surface area is 137 Å². The van der Waals surface area contributed by atoms with Gasteiger partial charge in [-0.15, -0.1) is 0 Å². The maximum atomic E-state index is 12.1. The Morgan fingerprint density at radius 1 is 1.26 bits per heavy atom. The van der Waals surface area contributed by atoms with Crippen LogP contribution in [0.1, 0.15) is 33.6 Å². The van der Waals surface area contributed by atoms with Gasteiger partial charge in [-0.3, -0.25) is 19.4 Å². The van der Waals surface area contributed by atoms with E-state index in [-0.39, 0.29) is 22.9 Å². The molecule has 2 fully saturated rings. The van der Waals surface area contributed by atoms with Crippen LogP contribution in [0.5, 0.6) is 0 Å². The van der Waals surface area contributed by atoms with Crippen molar-refractivity contribution in [2.45, 2.75) is 33.6 Å². The first-order valence-electron chi connectivity index (χ1n) is 8.43. The molecule has 0 unspecified atom stereocenters. The van der Waals surface area contributed by atoms with Crippen molar-refractivity contribution in [3.05, 3.63) is 0 Å². The van der Waals surface area contributed by atoms with Gasteiger partial charge in [0.05, 0.1) is 39.3 Å². The minimum atomic E-state index is -0.632. The molecule has 1 heterocycles. The molecule has 128 valence electrons. The number of Topliss-reactive ketones (excluding diaryl/α,β-unsaturated/α-hetero) is 2. The molecule has 1 aliphatic carbocycles. The third-order valence-electron chi connectivity index (χ3n) is 4.76. The maximum Gasteiger partial charge on any atom is 0.219 e. The Morgan fingerprint density at radius 3 is 2.35 bits per heavy atom. The Hall–Kier alpha value is -1.56. The summed E-state index contributed by atoms with van der Waals surface area (Å²) in [4.78, 5) is 43.0. The molecule has 2 rings (SSSR count). The van der Waals surface area contributed by atoms with Gasteiger partial charge in [-0.05, 0) is 5.41 Å². The van der Waals surface area contributed by atoms with Gasteiger partial charge in [0, 0.05) is 26.0 Å². The lowest BCUT2D eigenvalue weighted by atomic mass is 9.72. The zero-order valence-corrected chi connectivity index (χ0v) is 14.4. The zero-order valence-electron chi connectivity index (χ0n) is 14.4. The predicted octanol–water partition coefficient (Wildman–Crippen LogP) is -0.621. The molecule has 6 nitrogen and oxygen atoms in total. The van der Waals surface area contributed by atoms with Gasteiger partial charge in [-0.1, -0.05) is 13.8 Å².